The summed E-state index contributed by atoms with van der Waals surface area (Å²) in [7, 11) is 1.10. The molecule has 0 aromatic heterocycles. The molecule has 2 aromatic rings. The third kappa shape index (κ3) is 5.70. The van der Waals surface area contributed by atoms with Crippen LogP contribution >= 0.6 is 11.6 Å². The Labute approximate surface area is 238 Å². The number of ether oxygens (including phenoxy) is 1. The largest absolute Gasteiger partial charge is 0.508 e. The number of phenols is 1. The molecule has 0 bridgehead atoms. The van der Waals surface area contributed by atoms with Crippen molar-refractivity contribution in [1.82, 2.24) is 4.90 Å². The molecule has 3 amide bonds. The maximum Gasteiger partial charge on any atom is 0.423 e. The number of rotatable bonds is 8. The van der Waals surface area contributed by atoms with Crippen molar-refractivity contribution < 1.29 is 34.4 Å². The molecule has 1 fully saturated rings. The van der Waals surface area contributed by atoms with Crippen molar-refractivity contribution in [1.29, 1.82) is 0 Å². The first-order chi connectivity index (χ1) is 19.1. The number of likely N-dealkylation sites (tertiary alicyclic amines) is 1. The Hall–Kier alpha value is -3.46. The summed E-state index contributed by atoms with van der Waals surface area (Å²) in [6.07, 6.45) is 0.792. The molecule has 8 nitrogen and oxygen atoms in total. The lowest BCUT2D eigenvalue weighted by molar-refractivity contribution is -0.137. The van der Waals surface area contributed by atoms with Gasteiger partial charge in [0.05, 0.1) is 36.7 Å². The number of allylic oxidation sites excluding steroid dienone is 2. The fourth-order valence-electron chi connectivity index (χ4n) is 5.94. The minimum absolute atomic E-state index is 0.0586. The van der Waals surface area contributed by atoms with E-state index >= 15 is 0 Å². The highest BCUT2D eigenvalue weighted by Gasteiger charge is 2.57. The predicted octanol–water partition coefficient (Wildman–Crippen LogP) is 5.06. The normalized spacial score (nSPS) is 22.1. The highest BCUT2D eigenvalue weighted by Crippen LogP contribution is 2.48. The van der Waals surface area contributed by atoms with Crippen molar-refractivity contribution in [3.05, 3.63) is 75.8 Å². The molecule has 2 aromatic carbocycles. The Morgan fingerprint density at radius 3 is 2.45 bits per heavy atom. The standard InChI is InChI=1S/C31H34ClNO7/c1-17(2)22-15-23-28(30(38)33(29(23)37)31(39)40-3)24(16-34)27(22)26(36)12-10-19(18-7-5-4-6-8-18)13-20-9-11-21(35)14-25(20)32/h4-9,11,13-14,17,23-24,26,28,34-36H,10,12,15-16H2,1-3H3/b19-13-/t23-,24+,26-,28-/m1/s1. The van der Waals surface area contributed by atoms with E-state index < -0.39 is 48.4 Å². The zero-order valence-electron chi connectivity index (χ0n) is 22.7. The molecule has 1 saturated heterocycles. The number of carbonyl (C=O) groups excluding carboxylic acids is 3. The smallest absolute Gasteiger partial charge is 0.423 e. The number of aromatic hydroxyl groups is 1. The van der Waals surface area contributed by atoms with Gasteiger partial charge in [0, 0.05) is 5.92 Å². The van der Waals surface area contributed by atoms with E-state index in [1.807, 2.05) is 50.3 Å². The Kier molecular flexibility index (Phi) is 9.13. The molecule has 0 unspecified atom stereocenters. The second-order valence-corrected chi connectivity index (χ2v) is 10.9. The van der Waals surface area contributed by atoms with E-state index in [4.69, 9.17) is 11.6 Å². The van der Waals surface area contributed by atoms with Crippen LogP contribution in [0.15, 0.2) is 59.7 Å². The van der Waals surface area contributed by atoms with Gasteiger partial charge in [-0.3, -0.25) is 9.59 Å². The molecule has 1 heterocycles. The van der Waals surface area contributed by atoms with Crippen LogP contribution < -0.4 is 0 Å². The highest BCUT2D eigenvalue weighted by molar-refractivity contribution is 6.32. The molecule has 212 valence electrons. The number of aliphatic hydroxyl groups is 2. The van der Waals surface area contributed by atoms with E-state index in [0.29, 0.717) is 27.5 Å². The fraction of sp³-hybridized carbons (Fsp3) is 0.387. The van der Waals surface area contributed by atoms with Gasteiger partial charge in [0.15, 0.2) is 0 Å². The quantitative estimate of drug-likeness (QED) is 0.231. The van der Waals surface area contributed by atoms with Crippen LogP contribution in [0.1, 0.15) is 44.2 Å². The van der Waals surface area contributed by atoms with Crippen LogP contribution in [-0.4, -0.2) is 57.9 Å². The minimum Gasteiger partial charge on any atom is -0.508 e. The second-order valence-electron chi connectivity index (χ2n) is 10.5. The monoisotopic (exact) mass is 567 g/mol. The first kappa shape index (κ1) is 29.5. The van der Waals surface area contributed by atoms with Crippen molar-refractivity contribution >= 4 is 41.2 Å². The zero-order valence-corrected chi connectivity index (χ0v) is 23.5. The lowest BCUT2D eigenvalue weighted by Gasteiger charge is -2.38. The number of aliphatic hydroxyl groups excluding tert-OH is 2. The highest BCUT2D eigenvalue weighted by atomic mass is 35.5. The molecule has 1 aliphatic carbocycles. The van der Waals surface area contributed by atoms with Gasteiger partial charge in [-0.15, -0.1) is 0 Å². The molecule has 4 rings (SSSR count). The van der Waals surface area contributed by atoms with Crippen molar-refractivity contribution in [2.75, 3.05) is 13.7 Å². The molecule has 4 atom stereocenters. The van der Waals surface area contributed by atoms with Crippen LogP contribution in [0.3, 0.4) is 0 Å². The summed E-state index contributed by atoms with van der Waals surface area (Å²) in [6, 6.07) is 14.4. The molecule has 40 heavy (non-hydrogen) atoms. The first-order valence-corrected chi connectivity index (χ1v) is 13.7. The maximum absolute atomic E-state index is 13.2. The number of hydrogen-bond acceptors (Lipinski definition) is 7. The van der Waals surface area contributed by atoms with E-state index in [0.717, 1.165) is 23.8 Å². The number of amides is 3. The van der Waals surface area contributed by atoms with Gasteiger partial charge in [-0.05, 0) is 71.7 Å². The Balaban J connectivity index is 1.67. The van der Waals surface area contributed by atoms with Gasteiger partial charge in [0.1, 0.15) is 5.75 Å². The van der Waals surface area contributed by atoms with Crippen LogP contribution in [0.5, 0.6) is 5.75 Å². The second kappa shape index (κ2) is 12.4. The third-order valence-electron chi connectivity index (χ3n) is 7.88. The Bertz CT molecular complexity index is 1350. The van der Waals surface area contributed by atoms with Crippen LogP contribution in [0.25, 0.3) is 11.6 Å². The van der Waals surface area contributed by atoms with Gasteiger partial charge in [-0.2, -0.15) is 4.90 Å². The van der Waals surface area contributed by atoms with E-state index in [-0.39, 0.29) is 24.5 Å². The Morgan fingerprint density at radius 2 is 1.85 bits per heavy atom. The molecular formula is C31H34ClNO7. The lowest BCUT2D eigenvalue weighted by Crippen LogP contribution is -2.40. The average Bonchev–Trinajstić information content (AvgIpc) is 3.19. The van der Waals surface area contributed by atoms with E-state index in [2.05, 4.69) is 4.74 Å². The topological polar surface area (TPSA) is 124 Å². The number of benzene rings is 2. The molecule has 1 aliphatic heterocycles. The van der Waals surface area contributed by atoms with Crippen LogP contribution in [0.2, 0.25) is 5.02 Å². The summed E-state index contributed by atoms with van der Waals surface area (Å²) in [5, 5.41) is 32.2. The van der Waals surface area contributed by atoms with Crippen molar-refractivity contribution in [2.45, 2.75) is 39.2 Å². The number of phenolic OH excluding ortho intramolecular Hbond substituents is 1. The maximum atomic E-state index is 13.2. The van der Waals surface area contributed by atoms with Gasteiger partial charge in [0.25, 0.3) is 0 Å². The molecule has 0 spiro atoms. The number of halogens is 1. The summed E-state index contributed by atoms with van der Waals surface area (Å²) in [4.78, 5) is 39.0. The van der Waals surface area contributed by atoms with Gasteiger partial charge in [-0.1, -0.05) is 61.4 Å². The summed E-state index contributed by atoms with van der Waals surface area (Å²) >= 11 is 6.37. The number of fused-ring (bicyclic) bond motifs is 1. The molecular weight excluding hydrogens is 534 g/mol. The van der Waals surface area contributed by atoms with Crippen molar-refractivity contribution in [2.24, 2.45) is 23.7 Å². The predicted molar refractivity (Wildman–Crippen MR) is 151 cm³/mol. The van der Waals surface area contributed by atoms with Crippen LogP contribution in [0, 0.1) is 23.7 Å². The number of hydrogen-bond donors (Lipinski definition) is 3. The molecule has 2 aliphatic rings. The molecule has 9 heteroatoms. The van der Waals surface area contributed by atoms with Crippen LogP contribution in [0.4, 0.5) is 4.79 Å². The van der Waals surface area contributed by atoms with Crippen LogP contribution in [-0.2, 0) is 14.3 Å². The number of nitrogens with zero attached hydrogens (tertiary/aromatic N) is 1. The molecule has 0 saturated carbocycles. The SMILES string of the molecule is COC(=O)N1C(=O)[C@@H]2[C@@H](CC(C(C)C)=C([C@H](O)CC/C(=C/c3ccc(O)cc3Cl)c3ccccc3)[C@@H]2CO)C1=O. The van der Waals surface area contributed by atoms with E-state index in [1.54, 1.807) is 12.1 Å². The summed E-state index contributed by atoms with van der Waals surface area (Å²) < 4.78 is 4.66. The van der Waals surface area contributed by atoms with Crippen molar-refractivity contribution in [3.8, 4) is 5.75 Å². The Morgan fingerprint density at radius 1 is 1.15 bits per heavy atom. The van der Waals surface area contributed by atoms with Gasteiger partial charge in [0.2, 0.25) is 11.8 Å². The summed E-state index contributed by atoms with van der Waals surface area (Å²) in [6.45, 7) is 3.43. The number of methoxy groups -OCH3 is 1. The lowest BCUT2D eigenvalue weighted by atomic mass is 9.66. The number of imide groups is 3. The minimum atomic E-state index is -1.04. The average molecular weight is 568 g/mol. The third-order valence-corrected chi connectivity index (χ3v) is 8.20. The molecule has 0 radical (unpaired) electrons. The summed E-state index contributed by atoms with van der Waals surface area (Å²) in [5.74, 6) is -3.91. The van der Waals surface area contributed by atoms with Crippen molar-refractivity contribution in [3.63, 3.8) is 0 Å². The fourth-order valence-corrected chi connectivity index (χ4v) is 6.17. The van der Waals surface area contributed by atoms with Gasteiger partial charge in [-0.25, -0.2) is 4.79 Å². The first-order valence-electron chi connectivity index (χ1n) is 13.3. The summed E-state index contributed by atoms with van der Waals surface area (Å²) in [5.41, 5.74) is 3.91. The van der Waals surface area contributed by atoms with E-state index in [9.17, 15) is 29.7 Å². The number of carbonyl (C=O) groups is 3. The van der Waals surface area contributed by atoms with E-state index in [1.165, 1.54) is 6.07 Å². The van der Waals surface area contributed by atoms with Gasteiger partial charge < -0.3 is 20.1 Å². The zero-order chi connectivity index (χ0) is 29.1. The van der Waals surface area contributed by atoms with Gasteiger partial charge >= 0.3 is 6.09 Å². The molecule has 3 N–H and O–H groups in total.